The quantitative estimate of drug-likeness (QED) is 0.572. The Labute approximate surface area is 166 Å². The molecule has 0 atom stereocenters. The Kier molecular flexibility index (Phi) is 5.15. The first-order valence-corrected chi connectivity index (χ1v) is 9.35. The van der Waals surface area contributed by atoms with Gasteiger partial charge in [0.2, 0.25) is 0 Å². The van der Waals surface area contributed by atoms with Gasteiger partial charge in [-0.25, -0.2) is 9.97 Å². The van der Waals surface area contributed by atoms with Crippen LogP contribution in [-0.4, -0.2) is 14.5 Å². The van der Waals surface area contributed by atoms with Crippen molar-refractivity contribution in [3.05, 3.63) is 41.6 Å². The van der Waals surface area contributed by atoms with Crippen LogP contribution in [0.5, 0.6) is 0 Å². The van der Waals surface area contributed by atoms with Gasteiger partial charge in [-0.2, -0.15) is 18.4 Å². The Balaban J connectivity index is 0.00000109. The molecule has 8 heteroatoms. The number of fused-ring (bicyclic) bond motifs is 1. The maximum Gasteiger partial charge on any atom is 0.417 e. The Hall–Kier alpha value is -2.53. The number of hydrogen-bond donors (Lipinski definition) is 1. The van der Waals surface area contributed by atoms with Crippen molar-refractivity contribution in [3.8, 4) is 17.5 Å². The maximum atomic E-state index is 12.9. The average Bonchev–Trinajstić information content (AvgIpc) is 3.41. The van der Waals surface area contributed by atoms with Crippen LogP contribution in [0.4, 0.5) is 13.2 Å². The van der Waals surface area contributed by atoms with E-state index >= 15 is 0 Å². The number of thiol groups is 1. The van der Waals surface area contributed by atoms with Gasteiger partial charge in [0, 0.05) is 23.7 Å². The van der Waals surface area contributed by atoms with E-state index in [4.69, 9.17) is 0 Å². The molecule has 0 unspecified atom stereocenters. The average molecular weight is 404 g/mol. The molecular weight excluding hydrogens is 385 g/mol. The summed E-state index contributed by atoms with van der Waals surface area (Å²) in [4.78, 5) is 8.87. The number of nitriles is 1. The number of pyridine rings is 1. The van der Waals surface area contributed by atoms with Gasteiger partial charge >= 0.3 is 6.18 Å². The van der Waals surface area contributed by atoms with Crippen molar-refractivity contribution in [2.24, 2.45) is 7.05 Å². The Morgan fingerprint density at radius 2 is 1.89 bits per heavy atom. The molecule has 28 heavy (non-hydrogen) atoms. The van der Waals surface area contributed by atoms with Crippen LogP contribution >= 0.6 is 12.6 Å². The van der Waals surface area contributed by atoms with Gasteiger partial charge in [-0.15, -0.1) is 12.6 Å². The number of halogens is 3. The lowest BCUT2D eigenvalue weighted by Crippen LogP contribution is -2.05. The second kappa shape index (κ2) is 7.13. The van der Waals surface area contributed by atoms with E-state index in [1.807, 2.05) is 26.0 Å². The van der Waals surface area contributed by atoms with E-state index in [1.165, 1.54) is 0 Å². The fourth-order valence-electron chi connectivity index (χ4n) is 3.08. The second-order valence-electron chi connectivity index (χ2n) is 6.48. The summed E-state index contributed by atoms with van der Waals surface area (Å²) in [6, 6.07) is 8.83. The summed E-state index contributed by atoms with van der Waals surface area (Å²) < 4.78 is 40.3. The summed E-state index contributed by atoms with van der Waals surface area (Å²) in [5.74, 6) is 0.477. The third-order valence-electron chi connectivity index (χ3n) is 4.79. The molecule has 1 saturated carbocycles. The molecule has 0 aliphatic heterocycles. The van der Waals surface area contributed by atoms with E-state index in [1.54, 1.807) is 17.7 Å². The lowest BCUT2D eigenvalue weighted by Gasteiger charge is -2.10. The van der Waals surface area contributed by atoms with Gasteiger partial charge in [0.05, 0.1) is 17.0 Å². The molecule has 0 N–H and O–H groups in total. The zero-order valence-corrected chi connectivity index (χ0v) is 16.6. The lowest BCUT2D eigenvalue weighted by atomic mass is 9.96. The van der Waals surface area contributed by atoms with Crippen molar-refractivity contribution < 1.29 is 13.2 Å². The molecule has 4 rings (SSSR count). The van der Waals surface area contributed by atoms with Gasteiger partial charge in [0.25, 0.3) is 0 Å². The highest BCUT2D eigenvalue weighted by Gasteiger charge is 2.45. The van der Waals surface area contributed by atoms with Crippen LogP contribution in [0.1, 0.15) is 37.8 Å². The molecule has 0 bridgehead atoms. The summed E-state index contributed by atoms with van der Waals surface area (Å²) in [6.45, 7) is 4.00. The van der Waals surface area contributed by atoms with Crippen LogP contribution in [0.15, 0.2) is 35.4 Å². The van der Waals surface area contributed by atoms with Gasteiger partial charge in [-0.1, -0.05) is 19.9 Å². The van der Waals surface area contributed by atoms with Crippen molar-refractivity contribution in [3.63, 3.8) is 0 Å². The molecule has 0 amide bonds. The number of nitrogens with zero attached hydrogens (tertiary/aromatic N) is 4. The highest BCUT2D eigenvalue weighted by Crippen LogP contribution is 2.48. The Morgan fingerprint density at radius 1 is 1.21 bits per heavy atom. The number of rotatable bonds is 2. The number of benzene rings is 1. The van der Waals surface area contributed by atoms with Crippen LogP contribution in [-0.2, 0) is 18.6 Å². The zero-order valence-electron chi connectivity index (χ0n) is 15.7. The topological polar surface area (TPSA) is 54.5 Å². The molecule has 4 nitrogen and oxygen atoms in total. The van der Waals surface area contributed by atoms with Crippen molar-refractivity contribution in [1.82, 2.24) is 14.5 Å². The van der Waals surface area contributed by atoms with Crippen molar-refractivity contribution in [2.45, 2.75) is 43.2 Å². The van der Waals surface area contributed by atoms with Gasteiger partial charge in [0.15, 0.2) is 5.65 Å². The monoisotopic (exact) mass is 404 g/mol. The summed E-state index contributed by atoms with van der Waals surface area (Å²) in [5.41, 5.74) is 0.863. The number of hydrogen-bond acceptors (Lipinski definition) is 4. The minimum atomic E-state index is -4.47. The summed E-state index contributed by atoms with van der Waals surface area (Å²) >= 11 is 4.51. The van der Waals surface area contributed by atoms with Crippen LogP contribution in [0.25, 0.3) is 22.6 Å². The number of alkyl halides is 3. The lowest BCUT2D eigenvalue weighted by molar-refractivity contribution is -0.137. The molecule has 1 aromatic carbocycles. The highest BCUT2D eigenvalue weighted by molar-refractivity contribution is 7.80. The van der Waals surface area contributed by atoms with Crippen molar-refractivity contribution >= 4 is 23.8 Å². The molecule has 1 aliphatic carbocycles. The minimum Gasteiger partial charge on any atom is -0.312 e. The number of aryl methyl sites for hydroxylation is 1. The van der Waals surface area contributed by atoms with Crippen LogP contribution in [0, 0.1) is 11.3 Å². The zero-order chi connectivity index (χ0) is 20.7. The van der Waals surface area contributed by atoms with Gasteiger partial charge < -0.3 is 4.57 Å². The van der Waals surface area contributed by atoms with E-state index < -0.39 is 17.2 Å². The van der Waals surface area contributed by atoms with Crippen LogP contribution in [0.3, 0.4) is 0 Å². The predicted octanol–water partition coefficient (Wildman–Crippen LogP) is 5.52. The minimum absolute atomic E-state index is 0.171. The van der Waals surface area contributed by atoms with Crippen LogP contribution in [0.2, 0.25) is 0 Å². The molecule has 2 heterocycles. The molecule has 0 spiro atoms. The van der Waals surface area contributed by atoms with E-state index in [2.05, 4.69) is 28.7 Å². The fourth-order valence-corrected chi connectivity index (χ4v) is 3.39. The first-order valence-electron chi connectivity index (χ1n) is 8.90. The fraction of sp³-hybridized carbons (Fsp3) is 0.350. The molecule has 1 aliphatic rings. The molecule has 3 aromatic rings. The van der Waals surface area contributed by atoms with E-state index in [0.717, 1.165) is 30.7 Å². The largest absolute Gasteiger partial charge is 0.417 e. The SMILES string of the molecule is CC.Cn1c(-c2ccc(C3(C#N)CC3)cc2S)nc2cc(C(F)(F)F)cnc21. The third kappa shape index (κ3) is 3.35. The van der Waals surface area contributed by atoms with E-state index in [0.29, 0.717) is 21.9 Å². The normalized spacial score (nSPS) is 14.9. The maximum absolute atomic E-state index is 12.9. The molecule has 2 aromatic heterocycles. The van der Waals surface area contributed by atoms with Gasteiger partial charge in [-0.05, 0) is 36.6 Å². The summed E-state index contributed by atoms with van der Waals surface area (Å²) in [7, 11) is 1.70. The van der Waals surface area contributed by atoms with E-state index in [-0.39, 0.29) is 5.52 Å². The Morgan fingerprint density at radius 3 is 2.43 bits per heavy atom. The third-order valence-corrected chi connectivity index (χ3v) is 5.16. The molecule has 0 radical (unpaired) electrons. The van der Waals surface area contributed by atoms with Gasteiger partial charge in [-0.3, -0.25) is 0 Å². The van der Waals surface area contributed by atoms with E-state index in [9.17, 15) is 18.4 Å². The summed E-state index contributed by atoms with van der Waals surface area (Å²) in [5, 5.41) is 9.33. The predicted molar refractivity (Wildman–Crippen MR) is 104 cm³/mol. The van der Waals surface area contributed by atoms with Crippen molar-refractivity contribution in [2.75, 3.05) is 0 Å². The number of aromatic nitrogens is 3. The standard InChI is InChI=1S/C18H13F3N4S.C2H6/c1-25-15(24-13-6-11(18(19,20)21)8-23-16(13)25)12-3-2-10(7-14(12)26)17(9-22)4-5-17;1-2/h2-3,6-8,26H,4-5H2,1H3;1-2H3. The molecular formula is C20H19F3N4S. The first-order chi connectivity index (χ1) is 13.2. The highest BCUT2D eigenvalue weighted by atomic mass is 32.1. The van der Waals surface area contributed by atoms with Crippen molar-refractivity contribution in [1.29, 1.82) is 5.26 Å². The smallest absolute Gasteiger partial charge is 0.312 e. The molecule has 146 valence electrons. The summed E-state index contributed by atoms with van der Waals surface area (Å²) in [6.07, 6.45) is -2.01. The molecule has 1 fully saturated rings. The van der Waals surface area contributed by atoms with Gasteiger partial charge in [0.1, 0.15) is 11.3 Å². The number of imidazole rings is 1. The second-order valence-corrected chi connectivity index (χ2v) is 6.97. The molecule has 0 saturated heterocycles. The van der Waals surface area contributed by atoms with Crippen LogP contribution < -0.4 is 0 Å². The first kappa shape index (κ1) is 20.2. The Bertz CT molecular complexity index is 1080.